The monoisotopic (exact) mass is 625 g/mol. The zero-order chi connectivity index (χ0) is 32.0. The van der Waals surface area contributed by atoms with Gasteiger partial charge in [-0.3, -0.25) is 24.5 Å². The van der Waals surface area contributed by atoms with Crippen LogP contribution >= 0.6 is 11.8 Å². The molecule has 2 amide bonds. The van der Waals surface area contributed by atoms with E-state index in [1.165, 1.54) is 64.4 Å². The number of carbonyl (C=O) groups is 3. The normalized spacial score (nSPS) is 11.7. The van der Waals surface area contributed by atoms with E-state index in [1.54, 1.807) is 42.5 Å². The standard InChI is InChI=1S/C37H27N3O5S/c41-35(27-12-19-33-28(22-27)21-26-8-4-5-9-32(26)33)23-46-31-17-13-29(14-18-31)38-37(43)34(39-36(42)25-6-2-1-3-7-25)20-24-10-15-30(16-11-24)40(44)45/h1-20,22H,21,23H2,(H,38,43)(H,39,42)/b34-20-. The second kappa shape index (κ2) is 13.5. The van der Waals surface area contributed by atoms with Crippen molar-refractivity contribution < 1.29 is 19.3 Å². The van der Waals surface area contributed by atoms with Crippen molar-refractivity contribution in [3.05, 3.63) is 165 Å². The van der Waals surface area contributed by atoms with E-state index >= 15 is 0 Å². The van der Waals surface area contributed by atoms with Crippen LogP contribution in [0.1, 0.15) is 37.4 Å². The van der Waals surface area contributed by atoms with Crippen molar-refractivity contribution in [1.82, 2.24) is 5.32 Å². The number of carbonyl (C=O) groups excluding carboxylic acids is 3. The lowest BCUT2D eigenvalue weighted by Gasteiger charge is -2.12. The van der Waals surface area contributed by atoms with Crippen LogP contribution in [0.4, 0.5) is 11.4 Å². The number of amides is 2. The predicted molar refractivity (Wildman–Crippen MR) is 180 cm³/mol. The van der Waals surface area contributed by atoms with Gasteiger partial charge in [-0.15, -0.1) is 11.8 Å². The summed E-state index contributed by atoms with van der Waals surface area (Å²) in [6, 6.07) is 35.4. The highest BCUT2D eigenvalue weighted by Crippen LogP contribution is 2.37. The minimum Gasteiger partial charge on any atom is -0.321 e. The van der Waals surface area contributed by atoms with Crippen molar-refractivity contribution in [3.63, 3.8) is 0 Å². The fraction of sp³-hybridized carbons (Fsp3) is 0.0541. The van der Waals surface area contributed by atoms with E-state index in [9.17, 15) is 24.5 Å². The minimum atomic E-state index is -0.572. The highest BCUT2D eigenvalue weighted by Gasteiger charge is 2.20. The summed E-state index contributed by atoms with van der Waals surface area (Å²) >= 11 is 1.41. The first-order chi connectivity index (χ1) is 22.3. The van der Waals surface area contributed by atoms with Crippen molar-refractivity contribution in [2.24, 2.45) is 0 Å². The maximum Gasteiger partial charge on any atom is 0.272 e. The van der Waals surface area contributed by atoms with Crippen LogP contribution in [0.25, 0.3) is 17.2 Å². The number of hydrogen-bond acceptors (Lipinski definition) is 6. The summed E-state index contributed by atoms with van der Waals surface area (Å²) < 4.78 is 0. The second-order valence-corrected chi connectivity index (χ2v) is 11.7. The van der Waals surface area contributed by atoms with Crippen LogP contribution in [0.3, 0.4) is 0 Å². The molecule has 0 bridgehead atoms. The van der Waals surface area contributed by atoms with Crippen molar-refractivity contribution >= 4 is 46.8 Å². The van der Waals surface area contributed by atoms with Gasteiger partial charge < -0.3 is 10.6 Å². The summed E-state index contributed by atoms with van der Waals surface area (Å²) in [7, 11) is 0. The Balaban J connectivity index is 1.11. The molecule has 0 radical (unpaired) electrons. The Morgan fingerprint density at radius 1 is 0.761 bits per heavy atom. The van der Waals surface area contributed by atoms with E-state index in [-0.39, 0.29) is 22.9 Å². The number of fused-ring (bicyclic) bond motifs is 3. The third-order valence-electron chi connectivity index (χ3n) is 7.54. The second-order valence-electron chi connectivity index (χ2n) is 10.6. The van der Waals surface area contributed by atoms with Crippen LogP contribution in [0.15, 0.2) is 132 Å². The fourth-order valence-corrected chi connectivity index (χ4v) is 5.98. The number of nitrogens with one attached hydrogen (secondary N) is 2. The molecule has 0 aliphatic heterocycles. The van der Waals surface area contributed by atoms with Crippen LogP contribution in [0, 0.1) is 10.1 Å². The molecule has 2 N–H and O–H groups in total. The van der Waals surface area contributed by atoms with E-state index in [2.05, 4.69) is 22.8 Å². The number of benzene rings is 5. The third kappa shape index (κ3) is 6.95. The number of nitro groups is 1. The first-order valence-electron chi connectivity index (χ1n) is 14.5. The molecule has 1 aliphatic carbocycles. The molecule has 46 heavy (non-hydrogen) atoms. The molecule has 0 saturated heterocycles. The number of rotatable bonds is 10. The molecule has 6 rings (SSSR count). The number of non-ortho nitro benzene ring substituents is 1. The Bertz CT molecular complexity index is 1990. The van der Waals surface area contributed by atoms with Gasteiger partial charge in [0.05, 0.1) is 10.7 Å². The van der Waals surface area contributed by atoms with Gasteiger partial charge in [0.25, 0.3) is 17.5 Å². The van der Waals surface area contributed by atoms with Gasteiger partial charge in [0.15, 0.2) is 5.78 Å². The largest absolute Gasteiger partial charge is 0.321 e. The van der Waals surface area contributed by atoms with E-state index in [1.807, 2.05) is 42.5 Å². The molecule has 9 heteroatoms. The van der Waals surface area contributed by atoms with Gasteiger partial charge in [-0.1, -0.05) is 54.6 Å². The lowest BCUT2D eigenvalue weighted by molar-refractivity contribution is -0.384. The van der Waals surface area contributed by atoms with Crippen LogP contribution in [-0.4, -0.2) is 28.3 Å². The Hall–Kier alpha value is -5.80. The summed E-state index contributed by atoms with van der Waals surface area (Å²) in [6.07, 6.45) is 2.28. The van der Waals surface area contributed by atoms with Crippen LogP contribution < -0.4 is 10.6 Å². The number of Topliss-reactive ketones (excluding diaryl/α,β-unsaturated/α-hetero) is 1. The van der Waals surface area contributed by atoms with Gasteiger partial charge in [-0.25, -0.2) is 0 Å². The van der Waals surface area contributed by atoms with Gasteiger partial charge in [0, 0.05) is 33.8 Å². The van der Waals surface area contributed by atoms with Gasteiger partial charge in [0.1, 0.15) is 5.70 Å². The van der Waals surface area contributed by atoms with E-state index in [4.69, 9.17) is 0 Å². The maximum absolute atomic E-state index is 13.3. The summed E-state index contributed by atoms with van der Waals surface area (Å²) in [5, 5.41) is 16.5. The Morgan fingerprint density at radius 2 is 1.46 bits per heavy atom. The topological polar surface area (TPSA) is 118 Å². The maximum atomic E-state index is 13.3. The van der Waals surface area contributed by atoms with Crippen molar-refractivity contribution in [1.29, 1.82) is 0 Å². The molecule has 226 valence electrons. The molecule has 0 unspecified atom stereocenters. The zero-order valence-corrected chi connectivity index (χ0v) is 25.3. The first-order valence-corrected chi connectivity index (χ1v) is 15.4. The van der Waals surface area contributed by atoms with Crippen LogP contribution in [0.2, 0.25) is 0 Å². The van der Waals surface area contributed by atoms with Gasteiger partial charge in [-0.05, 0) is 94.9 Å². The smallest absolute Gasteiger partial charge is 0.272 e. The summed E-state index contributed by atoms with van der Waals surface area (Å²) in [5.74, 6) is -0.744. The number of hydrogen-bond donors (Lipinski definition) is 2. The zero-order valence-electron chi connectivity index (χ0n) is 24.4. The summed E-state index contributed by atoms with van der Waals surface area (Å²) in [4.78, 5) is 50.6. The minimum absolute atomic E-state index is 0.0378. The average molecular weight is 626 g/mol. The molecule has 5 aromatic rings. The quantitative estimate of drug-likeness (QED) is 0.0534. The number of nitro benzene ring substituents is 1. The average Bonchev–Trinajstić information content (AvgIpc) is 3.46. The van der Waals surface area contributed by atoms with E-state index in [0.717, 1.165) is 11.3 Å². The molecule has 1 aliphatic rings. The van der Waals surface area contributed by atoms with Gasteiger partial charge in [-0.2, -0.15) is 0 Å². The molecule has 5 aromatic carbocycles. The van der Waals surface area contributed by atoms with Gasteiger partial charge in [0.2, 0.25) is 0 Å². The number of nitrogens with zero attached hydrogens (tertiary/aromatic N) is 1. The lowest BCUT2D eigenvalue weighted by atomic mass is 10.0. The molecule has 0 heterocycles. The molecular formula is C37H27N3O5S. The van der Waals surface area contributed by atoms with Crippen molar-refractivity contribution in [3.8, 4) is 11.1 Å². The lowest BCUT2D eigenvalue weighted by Crippen LogP contribution is -2.30. The first kappa shape index (κ1) is 30.2. The predicted octanol–water partition coefficient (Wildman–Crippen LogP) is 7.55. The summed E-state index contributed by atoms with van der Waals surface area (Å²) in [6.45, 7) is 0. The van der Waals surface area contributed by atoms with E-state index < -0.39 is 16.7 Å². The Kier molecular flexibility index (Phi) is 8.84. The SMILES string of the molecule is O=C(Nc1ccc(SCC(=O)c2ccc3c(c2)Cc2ccccc2-3)cc1)/C(=C/c1ccc([N+](=O)[O-])cc1)NC(=O)c1ccccc1. The molecule has 0 aromatic heterocycles. The molecule has 0 spiro atoms. The third-order valence-corrected chi connectivity index (χ3v) is 8.55. The van der Waals surface area contributed by atoms with E-state index in [0.29, 0.717) is 22.4 Å². The highest BCUT2D eigenvalue weighted by atomic mass is 32.2. The Morgan fingerprint density at radius 3 is 2.20 bits per heavy atom. The molecule has 0 saturated carbocycles. The Labute approximate surface area is 269 Å². The number of thioether (sulfide) groups is 1. The van der Waals surface area contributed by atoms with Crippen LogP contribution in [-0.2, 0) is 11.2 Å². The number of ketones is 1. The molecule has 8 nitrogen and oxygen atoms in total. The number of anilines is 1. The summed E-state index contributed by atoms with van der Waals surface area (Å²) in [5.41, 5.74) is 6.76. The highest BCUT2D eigenvalue weighted by molar-refractivity contribution is 8.00. The van der Waals surface area contributed by atoms with Crippen molar-refractivity contribution in [2.45, 2.75) is 11.3 Å². The molecule has 0 fully saturated rings. The van der Waals surface area contributed by atoms with Gasteiger partial charge >= 0.3 is 0 Å². The molecular weight excluding hydrogens is 598 g/mol. The molecule has 0 atom stereocenters. The fourth-order valence-electron chi connectivity index (χ4n) is 5.19. The van der Waals surface area contributed by atoms with Crippen molar-refractivity contribution in [2.75, 3.05) is 11.1 Å². The van der Waals surface area contributed by atoms with Crippen LogP contribution in [0.5, 0.6) is 0 Å².